The van der Waals surface area contributed by atoms with Gasteiger partial charge in [-0.15, -0.1) is 0 Å². The highest BCUT2D eigenvalue weighted by Crippen LogP contribution is 2.23. The number of nitrogens with two attached hydrogens (primary N) is 1. The first-order valence-corrected chi connectivity index (χ1v) is 6.95. The Labute approximate surface area is 116 Å². The Kier molecular flexibility index (Phi) is 4.39. The zero-order valence-electron chi connectivity index (χ0n) is 12.1. The summed E-state index contributed by atoms with van der Waals surface area (Å²) in [5.41, 5.74) is 11.8. The van der Waals surface area contributed by atoms with Crippen LogP contribution in [-0.2, 0) is 6.42 Å². The van der Waals surface area contributed by atoms with Gasteiger partial charge >= 0.3 is 0 Å². The zero-order valence-corrected chi connectivity index (χ0v) is 12.1. The lowest BCUT2D eigenvalue weighted by atomic mass is 9.87. The molecule has 0 radical (unpaired) electrons. The lowest BCUT2D eigenvalue weighted by Crippen LogP contribution is -2.29. The van der Waals surface area contributed by atoms with E-state index in [0.29, 0.717) is 5.92 Å². The molecule has 0 aliphatic heterocycles. The molecule has 1 nitrogen and oxygen atoms in total. The molecule has 2 aromatic rings. The van der Waals surface area contributed by atoms with Crippen molar-refractivity contribution >= 4 is 0 Å². The molecule has 0 heterocycles. The van der Waals surface area contributed by atoms with Crippen molar-refractivity contribution < 1.29 is 0 Å². The Morgan fingerprint density at radius 2 is 1.47 bits per heavy atom. The van der Waals surface area contributed by atoms with E-state index in [4.69, 9.17) is 5.73 Å². The van der Waals surface area contributed by atoms with Crippen molar-refractivity contribution in [1.29, 1.82) is 0 Å². The first-order chi connectivity index (χ1) is 9.09. The van der Waals surface area contributed by atoms with Crippen molar-refractivity contribution in [3.05, 3.63) is 70.8 Å². The first-order valence-electron chi connectivity index (χ1n) is 6.95. The van der Waals surface area contributed by atoms with Crippen LogP contribution < -0.4 is 5.73 Å². The second kappa shape index (κ2) is 6.03. The molecule has 2 N–H and O–H groups in total. The van der Waals surface area contributed by atoms with Gasteiger partial charge in [-0.3, -0.25) is 0 Å². The summed E-state index contributed by atoms with van der Waals surface area (Å²) in [5.74, 6) is 0.375. The topological polar surface area (TPSA) is 26.0 Å². The van der Waals surface area contributed by atoms with Gasteiger partial charge in [0.15, 0.2) is 0 Å². The van der Waals surface area contributed by atoms with Gasteiger partial charge in [0.25, 0.3) is 0 Å². The van der Waals surface area contributed by atoms with Crippen LogP contribution in [0.1, 0.15) is 35.1 Å². The van der Waals surface area contributed by atoms with Crippen molar-refractivity contribution in [3.8, 4) is 0 Å². The Morgan fingerprint density at radius 3 is 2.05 bits per heavy atom. The quantitative estimate of drug-likeness (QED) is 0.876. The molecule has 1 heteroatoms. The zero-order chi connectivity index (χ0) is 13.8. The minimum absolute atomic E-state index is 0.155. The van der Waals surface area contributed by atoms with Crippen molar-refractivity contribution in [3.63, 3.8) is 0 Å². The van der Waals surface area contributed by atoms with Gasteiger partial charge in [0, 0.05) is 6.04 Å². The molecule has 0 amide bonds. The summed E-state index contributed by atoms with van der Waals surface area (Å²) >= 11 is 0. The molecule has 2 unspecified atom stereocenters. The molecular weight excluding hydrogens is 230 g/mol. The third-order valence-corrected chi connectivity index (χ3v) is 4.05. The van der Waals surface area contributed by atoms with E-state index < -0.39 is 0 Å². The fourth-order valence-electron chi connectivity index (χ4n) is 2.59. The predicted molar refractivity (Wildman–Crippen MR) is 82.5 cm³/mol. The Bertz CT molecular complexity index is 510. The fraction of sp³-hybridized carbons (Fsp3) is 0.333. The summed E-state index contributed by atoms with van der Waals surface area (Å²) in [5, 5.41) is 0. The van der Waals surface area contributed by atoms with Gasteiger partial charge in [-0.05, 0) is 48.4 Å². The minimum Gasteiger partial charge on any atom is -0.327 e. The Hall–Kier alpha value is -1.60. The lowest BCUT2D eigenvalue weighted by molar-refractivity contribution is 0.562. The molecular formula is C18H23N. The third kappa shape index (κ3) is 3.24. The molecule has 100 valence electrons. The normalized spacial score (nSPS) is 14.1. The van der Waals surface area contributed by atoms with Crippen molar-refractivity contribution in [2.45, 2.75) is 39.2 Å². The van der Waals surface area contributed by atoms with Crippen LogP contribution in [0, 0.1) is 13.8 Å². The van der Waals surface area contributed by atoms with E-state index >= 15 is 0 Å². The second-order valence-corrected chi connectivity index (χ2v) is 5.44. The smallest absolute Gasteiger partial charge is 0.0146 e. The average Bonchev–Trinajstić information content (AvgIpc) is 2.43. The van der Waals surface area contributed by atoms with Crippen molar-refractivity contribution in [2.24, 2.45) is 5.73 Å². The molecule has 19 heavy (non-hydrogen) atoms. The summed E-state index contributed by atoms with van der Waals surface area (Å²) in [6.45, 7) is 6.55. The second-order valence-electron chi connectivity index (χ2n) is 5.44. The largest absolute Gasteiger partial charge is 0.327 e. The van der Waals surface area contributed by atoms with Crippen LogP contribution in [-0.4, -0.2) is 6.04 Å². The van der Waals surface area contributed by atoms with E-state index in [0.717, 1.165) is 6.42 Å². The van der Waals surface area contributed by atoms with Crippen molar-refractivity contribution in [1.82, 2.24) is 0 Å². The van der Waals surface area contributed by atoms with Crippen molar-refractivity contribution in [2.75, 3.05) is 0 Å². The number of hydrogen-bond donors (Lipinski definition) is 1. The summed E-state index contributed by atoms with van der Waals surface area (Å²) < 4.78 is 0. The molecule has 2 rings (SSSR count). The van der Waals surface area contributed by atoms with Gasteiger partial charge in [-0.1, -0.05) is 55.5 Å². The van der Waals surface area contributed by atoms with Gasteiger partial charge in [0.05, 0.1) is 0 Å². The van der Waals surface area contributed by atoms with Crippen LogP contribution in [0.15, 0.2) is 48.5 Å². The van der Waals surface area contributed by atoms with Crippen LogP contribution in [0.3, 0.4) is 0 Å². The minimum atomic E-state index is 0.155. The molecule has 2 atom stereocenters. The SMILES string of the molecule is Cc1cccc(C)c1CC(N)C(C)c1ccccc1. The number of benzene rings is 2. The molecule has 0 saturated heterocycles. The fourth-order valence-corrected chi connectivity index (χ4v) is 2.59. The number of rotatable bonds is 4. The maximum Gasteiger partial charge on any atom is 0.0146 e. The molecule has 0 fully saturated rings. The van der Waals surface area contributed by atoms with Crippen LogP contribution in [0.4, 0.5) is 0 Å². The predicted octanol–water partition coefficient (Wildman–Crippen LogP) is 3.98. The molecule has 0 aliphatic rings. The summed E-state index contributed by atoms with van der Waals surface area (Å²) in [6.07, 6.45) is 0.939. The standard InChI is InChI=1S/C18H23N/c1-13-8-7-9-14(2)17(13)12-18(19)15(3)16-10-5-4-6-11-16/h4-11,15,18H,12,19H2,1-3H3. The lowest BCUT2D eigenvalue weighted by Gasteiger charge is -2.22. The highest BCUT2D eigenvalue weighted by Gasteiger charge is 2.16. The van der Waals surface area contributed by atoms with E-state index in [1.54, 1.807) is 0 Å². The maximum atomic E-state index is 6.42. The summed E-state index contributed by atoms with van der Waals surface area (Å²) in [6, 6.07) is 17.1. The first kappa shape index (κ1) is 13.8. The summed E-state index contributed by atoms with van der Waals surface area (Å²) in [7, 11) is 0. The molecule has 0 aliphatic carbocycles. The summed E-state index contributed by atoms with van der Waals surface area (Å²) in [4.78, 5) is 0. The van der Waals surface area contributed by atoms with E-state index in [1.807, 2.05) is 6.07 Å². The van der Waals surface area contributed by atoms with Gasteiger partial charge in [-0.2, -0.15) is 0 Å². The number of aryl methyl sites for hydroxylation is 2. The highest BCUT2D eigenvalue weighted by atomic mass is 14.6. The average molecular weight is 253 g/mol. The van der Waals surface area contributed by atoms with Gasteiger partial charge < -0.3 is 5.73 Å². The van der Waals surface area contributed by atoms with Gasteiger partial charge in [0.1, 0.15) is 0 Å². The molecule has 0 bridgehead atoms. The monoisotopic (exact) mass is 253 g/mol. The van der Waals surface area contributed by atoms with Crippen LogP contribution in [0.2, 0.25) is 0 Å². The van der Waals surface area contributed by atoms with Gasteiger partial charge in [0.2, 0.25) is 0 Å². The van der Waals surface area contributed by atoms with E-state index in [2.05, 4.69) is 63.2 Å². The molecule has 2 aromatic carbocycles. The van der Waals surface area contributed by atoms with Crippen LogP contribution in [0.25, 0.3) is 0 Å². The number of hydrogen-bond acceptors (Lipinski definition) is 1. The molecule has 0 aromatic heterocycles. The van der Waals surface area contributed by atoms with E-state index in [-0.39, 0.29) is 6.04 Å². The van der Waals surface area contributed by atoms with Crippen LogP contribution in [0.5, 0.6) is 0 Å². The Morgan fingerprint density at radius 1 is 0.895 bits per heavy atom. The Balaban J connectivity index is 2.15. The maximum absolute atomic E-state index is 6.42. The van der Waals surface area contributed by atoms with Crippen LogP contribution >= 0.6 is 0 Å². The molecule has 0 spiro atoms. The highest BCUT2D eigenvalue weighted by molar-refractivity contribution is 5.35. The van der Waals surface area contributed by atoms with Gasteiger partial charge in [-0.25, -0.2) is 0 Å². The van der Waals surface area contributed by atoms with E-state index in [1.165, 1.54) is 22.3 Å². The third-order valence-electron chi connectivity index (χ3n) is 4.05. The van der Waals surface area contributed by atoms with E-state index in [9.17, 15) is 0 Å². The molecule has 0 saturated carbocycles.